The van der Waals surface area contributed by atoms with Gasteiger partial charge in [-0.1, -0.05) is 0 Å². The number of aliphatic carboxylic acids is 1. The number of pyridine rings is 1. The van der Waals surface area contributed by atoms with Gasteiger partial charge in [0.25, 0.3) is 5.91 Å². The summed E-state index contributed by atoms with van der Waals surface area (Å²) in [6, 6.07) is 7.21. The van der Waals surface area contributed by atoms with Crippen molar-refractivity contribution in [3.8, 4) is 0 Å². The standard InChI is InChI=1S/C17H17N3O3.C2HF3O2/c21-16-14-11-20(17(22)15-2-1-7-23-15)10-13(14)9-19(16)8-12-3-5-18-6-4-12;3-2(4,5)1(6)7/h1-7,13-14H,8-11H2;(H,6,7)/t13-,14+;/m1./s1. The van der Waals surface area contributed by atoms with Crippen LogP contribution in [-0.2, 0) is 16.1 Å². The molecular formula is C19H18F3N3O5. The fourth-order valence-electron chi connectivity index (χ4n) is 3.52. The number of hydrogen-bond acceptors (Lipinski definition) is 5. The van der Waals surface area contributed by atoms with Gasteiger partial charge in [0, 0.05) is 44.5 Å². The third-order valence-corrected chi connectivity index (χ3v) is 4.91. The molecule has 4 rings (SSSR count). The summed E-state index contributed by atoms with van der Waals surface area (Å²) in [5.74, 6) is -2.28. The molecule has 2 aromatic rings. The molecule has 0 unspecified atom stereocenters. The first-order chi connectivity index (χ1) is 14.2. The quantitative estimate of drug-likeness (QED) is 0.807. The van der Waals surface area contributed by atoms with Crippen molar-refractivity contribution in [3.05, 3.63) is 54.2 Å². The topological polar surface area (TPSA) is 104 Å². The lowest BCUT2D eigenvalue weighted by molar-refractivity contribution is -0.192. The summed E-state index contributed by atoms with van der Waals surface area (Å²) in [5.41, 5.74) is 1.08. The van der Waals surface area contributed by atoms with Crippen molar-refractivity contribution in [3.63, 3.8) is 0 Å². The van der Waals surface area contributed by atoms with Gasteiger partial charge in [0.1, 0.15) is 0 Å². The number of furan rings is 1. The largest absolute Gasteiger partial charge is 0.490 e. The molecule has 0 bridgehead atoms. The summed E-state index contributed by atoms with van der Waals surface area (Å²) >= 11 is 0. The molecule has 1 N–H and O–H groups in total. The normalized spacial score (nSPS) is 20.6. The van der Waals surface area contributed by atoms with E-state index in [1.54, 1.807) is 29.4 Å². The maximum absolute atomic E-state index is 12.6. The molecule has 2 aromatic heterocycles. The summed E-state index contributed by atoms with van der Waals surface area (Å²) in [6.07, 6.45) is -0.118. The molecule has 11 heteroatoms. The molecule has 4 heterocycles. The Morgan fingerprint density at radius 2 is 1.83 bits per heavy atom. The van der Waals surface area contributed by atoms with Gasteiger partial charge in [-0.2, -0.15) is 13.2 Å². The smallest absolute Gasteiger partial charge is 0.475 e. The average molecular weight is 425 g/mol. The molecule has 2 aliphatic heterocycles. The highest BCUT2D eigenvalue weighted by Gasteiger charge is 2.47. The lowest BCUT2D eigenvalue weighted by Gasteiger charge is -2.21. The average Bonchev–Trinajstić information content (AvgIpc) is 3.42. The fourth-order valence-corrected chi connectivity index (χ4v) is 3.52. The van der Waals surface area contributed by atoms with E-state index in [4.69, 9.17) is 14.3 Å². The maximum Gasteiger partial charge on any atom is 0.490 e. The van der Waals surface area contributed by atoms with Crippen molar-refractivity contribution in [2.75, 3.05) is 19.6 Å². The monoisotopic (exact) mass is 425 g/mol. The highest BCUT2D eigenvalue weighted by atomic mass is 19.4. The molecule has 0 saturated carbocycles. The van der Waals surface area contributed by atoms with Gasteiger partial charge >= 0.3 is 12.1 Å². The third-order valence-electron chi connectivity index (χ3n) is 4.91. The SMILES string of the molecule is O=C(O)C(F)(F)F.O=C(c1ccco1)N1C[C@H]2CN(Cc3ccncc3)C(=O)[C@H]2C1. The summed E-state index contributed by atoms with van der Waals surface area (Å²) in [6.45, 7) is 2.41. The lowest BCUT2D eigenvalue weighted by Crippen LogP contribution is -2.35. The van der Waals surface area contributed by atoms with Crippen molar-refractivity contribution in [2.45, 2.75) is 12.7 Å². The van der Waals surface area contributed by atoms with Gasteiger partial charge in [-0.3, -0.25) is 14.6 Å². The summed E-state index contributed by atoms with van der Waals surface area (Å²) in [7, 11) is 0. The first-order valence-electron chi connectivity index (χ1n) is 8.97. The Morgan fingerprint density at radius 1 is 1.17 bits per heavy atom. The number of likely N-dealkylation sites (tertiary alicyclic amines) is 2. The number of amides is 2. The molecule has 0 aromatic carbocycles. The van der Waals surface area contributed by atoms with Gasteiger partial charge in [-0.25, -0.2) is 4.79 Å². The zero-order chi connectivity index (χ0) is 21.9. The van der Waals surface area contributed by atoms with Gasteiger partial charge in [-0.15, -0.1) is 0 Å². The molecule has 2 atom stereocenters. The van der Waals surface area contributed by atoms with E-state index < -0.39 is 12.1 Å². The minimum atomic E-state index is -5.08. The molecule has 0 aliphatic carbocycles. The molecule has 0 spiro atoms. The Hall–Kier alpha value is -3.37. The van der Waals surface area contributed by atoms with E-state index in [0.29, 0.717) is 31.9 Å². The highest BCUT2D eigenvalue weighted by molar-refractivity contribution is 5.93. The second-order valence-corrected chi connectivity index (χ2v) is 6.93. The van der Waals surface area contributed by atoms with Crippen LogP contribution in [0.15, 0.2) is 47.3 Å². The number of halogens is 3. The third kappa shape index (κ3) is 4.78. The van der Waals surface area contributed by atoms with Gasteiger partial charge in [0.05, 0.1) is 12.2 Å². The van der Waals surface area contributed by atoms with Crippen LogP contribution < -0.4 is 0 Å². The van der Waals surface area contributed by atoms with Gasteiger partial charge in [0.2, 0.25) is 5.91 Å². The number of carboxylic acids is 1. The predicted octanol–water partition coefficient (Wildman–Crippen LogP) is 2.04. The highest BCUT2D eigenvalue weighted by Crippen LogP contribution is 2.33. The van der Waals surface area contributed by atoms with Crippen LogP contribution in [0, 0.1) is 11.8 Å². The van der Waals surface area contributed by atoms with Crippen LogP contribution in [-0.4, -0.2) is 63.5 Å². The van der Waals surface area contributed by atoms with Crippen LogP contribution in [0.25, 0.3) is 0 Å². The van der Waals surface area contributed by atoms with E-state index in [2.05, 4.69) is 4.98 Å². The summed E-state index contributed by atoms with van der Waals surface area (Å²) in [5, 5.41) is 7.12. The predicted molar refractivity (Wildman–Crippen MR) is 94.9 cm³/mol. The van der Waals surface area contributed by atoms with Crippen LogP contribution in [0.5, 0.6) is 0 Å². The second kappa shape index (κ2) is 8.56. The Labute approximate surface area is 168 Å². The van der Waals surface area contributed by atoms with Crippen LogP contribution >= 0.6 is 0 Å². The molecular weight excluding hydrogens is 407 g/mol. The number of hydrogen-bond donors (Lipinski definition) is 1. The molecule has 30 heavy (non-hydrogen) atoms. The number of aromatic nitrogens is 1. The van der Waals surface area contributed by atoms with E-state index in [1.165, 1.54) is 6.26 Å². The molecule has 2 aliphatic rings. The van der Waals surface area contributed by atoms with Crippen LogP contribution in [0.3, 0.4) is 0 Å². The summed E-state index contributed by atoms with van der Waals surface area (Å²) < 4.78 is 36.9. The van der Waals surface area contributed by atoms with E-state index in [0.717, 1.165) is 5.56 Å². The number of nitrogens with zero attached hydrogens (tertiary/aromatic N) is 3. The van der Waals surface area contributed by atoms with Crippen molar-refractivity contribution in [1.82, 2.24) is 14.8 Å². The molecule has 2 saturated heterocycles. The minimum absolute atomic E-state index is 0.0873. The van der Waals surface area contributed by atoms with Gasteiger partial charge < -0.3 is 19.3 Å². The lowest BCUT2D eigenvalue weighted by atomic mass is 10.0. The van der Waals surface area contributed by atoms with E-state index >= 15 is 0 Å². The van der Waals surface area contributed by atoms with Crippen LogP contribution in [0.1, 0.15) is 16.1 Å². The van der Waals surface area contributed by atoms with Crippen LogP contribution in [0.2, 0.25) is 0 Å². The number of alkyl halides is 3. The van der Waals surface area contributed by atoms with Crippen LogP contribution in [0.4, 0.5) is 13.2 Å². The first kappa shape index (κ1) is 21.3. The molecule has 160 valence electrons. The maximum atomic E-state index is 12.6. The van der Waals surface area contributed by atoms with Gasteiger partial charge in [0.15, 0.2) is 5.76 Å². The first-order valence-corrected chi connectivity index (χ1v) is 8.97. The molecule has 0 radical (unpaired) electrons. The Balaban J connectivity index is 0.000000318. The molecule has 2 fully saturated rings. The number of rotatable bonds is 3. The zero-order valence-electron chi connectivity index (χ0n) is 15.6. The van der Waals surface area contributed by atoms with E-state index in [-0.39, 0.29) is 23.7 Å². The molecule has 8 nitrogen and oxygen atoms in total. The van der Waals surface area contributed by atoms with Gasteiger partial charge in [-0.05, 0) is 29.8 Å². The number of carbonyl (C=O) groups is 3. The van der Waals surface area contributed by atoms with E-state index in [1.807, 2.05) is 17.0 Å². The Bertz CT molecular complexity index is 902. The number of carbonyl (C=O) groups excluding carboxylic acids is 2. The zero-order valence-corrected chi connectivity index (χ0v) is 15.6. The minimum Gasteiger partial charge on any atom is -0.475 e. The Morgan fingerprint density at radius 3 is 2.37 bits per heavy atom. The Kier molecular flexibility index (Phi) is 6.09. The fraction of sp³-hybridized carbons (Fsp3) is 0.368. The van der Waals surface area contributed by atoms with Crippen molar-refractivity contribution < 1.29 is 37.1 Å². The van der Waals surface area contributed by atoms with Crippen molar-refractivity contribution >= 4 is 17.8 Å². The number of carboxylic acid groups (broad SMARTS) is 1. The van der Waals surface area contributed by atoms with Crippen molar-refractivity contribution in [1.29, 1.82) is 0 Å². The van der Waals surface area contributed by atoms with Crippen molar-refractivity contribution in [2.24, 2.45) is 11.8 Å². The molecule has 2 amide bonds. The summed E-state index contributed by atoms with van der Waals surface area (Å²) in [4.78, 5) is 41.4. The number of fused-ring (bicyclic) bond motifs is 1. The second-order valence-electron chi connectivity index (χ2n) is 6.93. The van der Waals surface area contributed by atoms with E-state index in [9.17, 15) is 22.8 Å².